The number of nitrogens with zero attached hydrogens (tertiary/aromatic N) is 1. The lowest BCUT2D eigenvalue weighted by Crippen LogP contribution is -2.60. The van der Waals surface area contributed by atoms with Gasteiger partial charge in [0, 0.05) is 12.1 Å². The second-order valence-electron chi connectivity index (χ2n) is 11.6. The van der Waals surface area contributed by atoms with Crippen molar-refractivity contribution in [3.8, 4) is 5.75 Å². The summed E-state index contributed by atoms with van der Waals surface area (Å²) in [5, 5.41) is 15.9. The lowest BCUT2D eigenvalue weighted by Gasteiger charge is -2.43. The molecule has 3 atom stereocenters. The molecule has 0 bridgehead atoms. The number of hydrogen-bond acceptors (Lipinski definition) is 5. The number of hydrogen-bond donors (Lipinski definition) is 3. The molecule has 3 N–H and O–H groups in total. The summed E-state index contributed by atoms with van der Waals surface area (Å²) in [4.78, 5) is 42.3. The van der Waals surface area contributed by atoms with Gasteiger partial charge in [-0.15, -0.1) is 0 Å². The molecule has 0 spiro atoms. The van der Waals surface area contributed by atoms with E-state index in [2.05, 4.69) is 10.6 Å². The Balaban J connectivity index is 2.53. The topological polar surface area (TPSA) is 108 Å². The first kappa shape index (κ1) is 30.7. The van der Waals surface area contributed by atoms with Crippen molar-refractivity contribution in [3.05, 3.63) is 65.7 Å². The van der Waals surface area contributed by atoms with Gasteiger partial charge in [-0.25, -0.2) is 4.79 Å². The van der Waals surface area contributed by atoms with Gasteiger partial charge in [0.1, 0.15) is 23.4 Å². The largest absolute Gasteiger partial charge is 0.508 e. The molecule has 0 radical (unpaired) electrons. The van der Waals surface area contributed by atoms with Gasteiger partial charge < -0.3 is 25.4 Å². The minimum Gasteiger partial charge on any atom is -0.508 e. The van der Waals surface area contributed by atoms with Crippen molar-refractivity contribution in [1.82, 2.24) is 15.5 Å². The van der Waals surface area contributed by atoms with Crippen LogP contribution in [0.25, 0.3) is 0 Å². The van der Waals surface area contributed by atoms with E-state index in [0.29, 0.717) is 12.0 Å². The highest BCUT2D eigenvalue weighted by molar-refractivity contribution is 5.92. The molecule has 3 amide bonds. The highest BCUT2D eigenvalue weighted by Crippen LogP contribution is 2.32. The van der Waals surface area contributed by atoms with Gasteiger partial charge in [-0.2, -0.15) is 0 Å². The number of rotatable bonds is 9. The molecule has 0 fully saturated rings. The monoisotopic (exact) mass is 525 g/mol. The molecule has 3 unspecified atom stereocenters. The second-order valence-corrected chi connectivity index (χ2v) is 11.6. The molecule has 2 aromatic rings. The molecule has 0 aliphatic rings. The van der Waals surface area contributed by atoms with E-state index in [1.165, 1.54) is 17.0 Å². The van der Waals surface area contributed by atoms with Crippen LogP contribution in [0.1, 0.15) is 79.0 Å². The number of benzene rings is 2. The number of alkyl carbamates (subject to hydrolysis) is 1. The number of phenolic OH excluding ortho intramolecular Hbond substituents is 1. The first-order chi connectivity index (χ1) is 17.6. The molecule has 2 aromatic carbocycles. The lowest BCUT2D eigenvalue weighted by molar-refractivity contribution is -0.149. The molecule has 0 aliphatic heterocycles. The predicted octanol–water partition coefficient (Wildman–Crippen LogP) is 5.32. The summed E-state index contributed by atoms with van der Waals surface area (Å²) in [5.41, 5.74) is -0.191. The number of nitrogens with one attached hydrogen (secondary N) is 2. The van der Waals surface area contributed by atoms with Gasteiger partial charge in [0.15, 0.2) is 0 Å². The van der Waals surface area contributed by atoms with E-state index in [9.17, 15) is 19.5 Å². The highest BCUT2D eigenvalue weighted by atomic mass is 16.6. The van der Waals surface area contributed by atoms with Crippen LogP contribution in [0.5, 0.6) is 5.75 Å². The van der Waals surface area contributed by atoms with Crippen molar-refractivity contribution >= 4 is 17.9 Å². The molecule has 0 saturated heterocycles. The van der Waals surface area contributed by atoms with Crippen LogP contribution in [-0.4, -0.2) is 45.1 Å². The highest BCUT2D eigenvalue weighted by Gasteiger charge is 2.43. The van der Waals surface area contributed by atoms with E-state index in [1.54, 1.807) is 32.9 Å². The average Bonchev–Trinajstić information content (AvgIpc) is 2.82. The van der Waals surface area contributed by atoms with Gasteiger partial charge in [0.2, 0.25) is 11.8 Å². The standard InChI is InChI=1S/C30H43N3O5/c1-9-20(2)24(32-28(37)38-30(6,7)8)27(36)33(29(3,4)5)25(22-16-13-17-23(34)18-22)26(35)31-19-21-14-11-10-12-15-21/h10-18,20,24-25,34H,9,19H2,1-8H3,(H,31,35)(H,32,37). The van der Waals surface area contributed by atoms with Crippen molar-refractivity contribution in [2.24, 2.45) is 5.92 Å². The quantitative estimate of drug-likeness (QED) is 0.411. The van der Waals surface area contributed by atoms with Crippen LogP contribution in [-0.2, 0) is 20.9 Å². The molecule has 8 heteroatoms. The first-order valence-electron chi connectivity index (χ1n) is 13.1. The molecule has 0 aromatic heterocycles. The van der Waals surface area contributed by atoms with Gasteiger partial charge in [-0.1, -0.05) is 62.7 Å². The minimum absolute atomic E-state index is 0.0185. The summed E-state index contributed by atoms with van der Waals surface area (Å²) < 4.78 is 5.44. The zero-order valence-electron chi connectivity index (χ0n) is 23.9. The first-order valence-corrected chi connectivity index (χ1v) is 13.1. The van der Waals surface area contributed by atoms with Gasteiger partial charge in [0.25, 0.3) is 0 Å². The number of phenols is 1. The van der Waals surface area contributed by atoms with E-state index < -0.39 is 41.1 Å². The molecule has 208 valence electrons. The van der Waals surface area contributed by atoms with Crippen LogP contribution >= 0.6 is 0 Å². The maximum absolute atomic E-state index is 14.3. The zero-order chi connectivity index (χ0) is 28.7. The normalized spacial score (nSPS) is 14.1. The van der Waals surface area contributed by atoms with Gasteiger partial charge >= 0.3 is 6.09 Å². The van der Waals surface area contributed by atoms with Crippen molar-refractivity contribution < 1.29 is 24.2 Å². The number of carbonyl (C=O) groups excluding carboxylic acids is 3. The Morgan fingerprint density at radius 1 is 0.974 bits per heavy atom. The van der Waals surface area contributed by atoms with Crippen LogP contribution < -0.4 is 10.6 Å². The molecule has 0 aliphatic carbocycles. The van der Waals surface area contributed by atoms with Gasteiger partial charge in [-0.05, 0) is 70.7 Å². The second kappa shape index (κ2) is 12.8. The summed E-state index contributed by atoms with van der Waals surface area (Å²) in [6, 6.07) is 13.8. The molecule has 2 rings (SSSR count). The Bertz CT molecular complexity index is 1090. The predicted molar refractivity (Wildman–Crippen MR) is 148 cm³/mol. The third-order valence-corrected chi connectivity index (χ3v) is 6.11. The van der Waals surface area contributed by atoms with Crippen LogP contribution in [0.2, 0.25) is 0 Å². The maximum Gasteiger partial charge on any atom is 0.408 e. The Morgan fingerprint density at radius 3 is 2.13 bits per heavy atom. The van der Waals surface area contributed by atoms with Crippen LogP contribution in [0, 0.1) is 5.92 Å². The van der Waals surface area contributed by atoms with Gasteiger partial charge in [0.05, 0.1) is 0 Å². The Morgan fingerprint density at radius 2 is 1.61 bits per heavy atom. The van der Waals surface area contributed by atoms with E-state index in [-0.39, 0.29) is 18.2 Å². The summed E-state index contributed by atoms with van der Waals surface area (Å²) >= 11 is 0. The number of ether oxygens (including phenoxy) is 1. The Labute approximate surface area is 226 Å². The number of amides is 3. The van der Waals surface area contributed by atoms with Crippen LogP contribution in [0.15, 0.2) is 54.6 Å². The Kier molecular flexibility index (Phi) is 10.3. The molecular formula is C30H43N3O5. The third-order valence-electron chi connectivity index (χ3n) is 6.11. The van der Waals surface area contributed by atoms with Crippen molar-refractivity contribution in [3.63, 3.8) is 0 Å². The number of aromatic hydroxyl groups is 1. The van der Waals surface area contributed by atoms with Gasteiger partial charge in [-0.3, -0.25) is 9.59 Å². The van der Waals surface area contributed by atoms with E-state index in [1.807, 2.05) is 65.0 Å². The fourth-order valence-electron chi connectivity index (χ4n) is 4.11. The summed E-state index contributed by atoms with van der Waals surface area (Å²) in [6.45, 7) is 14.9. The lowest BCUT2D eigenvalue weighted by atomic mass is 9.91. The number of carbonyl (C=O) groups is 3. The average molecular weight is 526 g/mol. The van der Waals surface area contributed by atoms with E-state index in [0.717, 1.165) is 5.56 Å². The van der Waals surface area contributed by atoms with Crippen molar-refractivity contribution in [1.29, 1.82) is 0 Å². The minimum atomic E-state index is -1.06. The molecule has 38 heavy (non-hydrogen) atoms. The maximum atomic E-state index is 14.3. The molecule has 8 nitrogen and oxygen atoms in total. The SMILES string of the molecule is CCC(C)C(NC(=O)OC(C)(C)C)C(=O)N(C(C(=O)NCc1ccccc1)c1cccc(O)c1)C(C)(C)C. The van der Waals surface area contributed by atoms with Crippen LogP contribution in [0.3, 0.4) is 0 Å². The third kappa shape index (κ3) is 8.78. The fraction of sp³-hybridized carbons (Fsp3) is 0.500. The Hall–Kier alpha value is -3.55. The smallest absolute Gasteiger partial charge is 0.408 e. The molecule has 0 heterocycles. The van der Waals surface area contributed by atoms with Crippen molar-refractivity contribution in [2.45, 2.75) is 91.6 Å². The van der Waals surface area contributed by atoms with Crippen molar-refractivity contribution in [2.75, 3.05) is 0 Å². The molecular weight excluding hydrogens is 482 g/mol. The summed E-state index contributed by atoms with van der Waals surface area (Å²) in [5.74, 6) is -1.07. The molecule has 0 saturated carbocycles. The zero-order valence-corrected chi connectivity index (χ0v) is 23.9. The van der Waals surface area contributed by atoms with Crippen LogP contribution in [0.4, 0.5) is 4.79 Å². The summed E-state index contributed by atoms with van der Waals surface area (Å²) in [7, 11) is 0. The van der Waals surface area contributed by atoms with E-state index >= 15 is 0 Å². The summed E-state index contributed by atoms with van der Waals surface area (Å²) in [6.07, 6.45) is -0.0892. The fourth-order valence-corrected chi connectivity index (χ4v) is 4.11. The van der Waals surface area contributed by atoms with E-state index in [4.69, 9.17) is 4.74 Å².